The first kappa shape index (κ1) is 13.3. The Bertz CT molecular complexity index is 692. The van der Waals surface area contributed by atoms with Crippen LogP contribution in [0.25, 0.3) is 10.9 Å². The lowest BCUT2D eigenvalue weighted by molar-refractivity contribution is 0.0954. The molecular formula is C14H15FN2O2. The molecule has 0 aliphatic rings. The van der Waals surface area contributed by atoms with Crippen LogP contribution in [0.4, 0.5) is 4.39 Å². The minimum absolute atomic E-state index is 0.0859. The molecule has 0 spiro atoms. The van der Waals surface area contributed by atoms with Crippen molar-refractivity contribution in [3.63, 3.8) is 0 Å². The SMILES string of the molecule is CCNC(=O)c1cn(CC)c2cc(F)ccc2c1=O. The summed E-state index contributed by atoms with van der Waals surface area (Å²) >= 11 is 0. The molecule has 0 bridgehead atoms. The Morgan fingerprint density at radius 2 is 2.11 bits per heavy atom. The number of carbonyl (C=O) groups excluding carboxylic acids is 1. The van der Waals surface area contributed by atoms with Crippen molar-refractivity contribution < 1.29 is 9.18 Å². The number of rotatable bonds is 3. The van der Waals surface area contributed by atoms with Crippen molar-refractivity contribution in [2.75, 3.05) is 6.54 Å². The normalized spacial score (nSPS) is 10.7. The van der Waals surface area contributed by atoms with E-state index < -0.39 is 11.7 Å². The first-order valence-corrected chi connectivity index (χ1v) is 6.19. The summed E-state index contributed by atoms with van der Waals surface area (Å²) in [4.78, 5) is 24.1. The number of carbonyl (C=O) groups is 1. The molecule has 0 aliphatic carbocycles. The highest BCUT2D eigenvalue weighted by Gasteiger charge is 2.14. The summed E-state index contributed by atoms with van der Waals surface area (Å²) in [7, 11) is 0. The van der Waals surface area contributed by atoms with Crippen LogP contribution < -0.4 is 10.7 Å². The quantitative estimate of drug-likeness (QED) is 0.918. The Kier molecular flexibility index (Phi) is 3.64. The number of benzene rings is 1. The van der Waals surface area contributed by atoms with Crippen LogP contribution in [-0.4, -0.2) is 17.0 Å². The van der Waals surface area contributed by atoms with Gasteiger partial charge in [-0.1, -0.05) is 0 Å². The van der Waals surface area contributed by atoms with Crippen molar-refractivity contribution in [3.8, 4) is 0 Å². The summed E-state index contributed by atoms with van der Waals surface area (Å²) in [6, 6.07) is 3.95. The van der Waals surface area contributed by atoms with Gasteiger partial charge in [0.15, 0.2) is 0 Å². The van der Waals surface area contributed by atoms with E-state index in [2.05, 4.69) is 5.32 Å². The molecule has 1 N–H and O–H groups in total. The second kappa shape index (κ2) is 5.22. The average Bonchev–Trinajstić information content (AvgIpc) is 2.39. The van der Waals surface area contributed by atoms with Gasteiger partial charge in [0.1, 0.15) is 11.4 Å². The lowest BCUT2D eigenvalue weighted by Gasteiger charge is -2.11. The van der Waals surface area contributed by atoms with Crippen LogP contribution in [0.2, 0.25) is 0 Å². The molecule has 19 heavy (non-hydrogen) atoms. The van der Waals surface area contributed by atoms with E-state index in [-0.39, 0.29) is 11.0 Å². The number of fused-ring (bicyclic) bond motifs is 1. The number of aromatic nitrogens is 1. The summed E-state index contributed by atoms with van der Waals surface area (Å²) in [6.07, 6.45) is 1.48. The van der Waals surface area contributed by atoms with Gasteiger partial charge in [-0.3, -0.25) is 9.59 Å². The van der Waals surface area contributed by atoms with Gasteiger partial charge in [0.25, 0.3) is 5.91 Å². The van der Waals surface area contributed by atoms with Crippen LogP contribution in [0.15, 0.2) is 29.2 Å². The predicted molar refractivity (Wildman–Crippen MR) is 71.8 cm³/mol. The Labute approximate surface area is 109 Å². The van der Waals surface area contributed by atoms with Gasteiger partial charge in [0.05, 0.1) is 5.52 Å². The second-order valence-corrected chi connectivity index (χ2v) is 4.18. The number of pyridine rings is 1. The Hall–Kier alpha value is -2.17. The highest BCUT2D eigenvalue weighted by molar-refractivity contribution is 5.97. The molecule has 0 atom stereocenters. The molecule has 1 heterocycles. The summed E-state index contributed by atoms with van der Waals surface area (Å²) in [6.45, 7) is 4.65. The Morgan fingerprint density at radius 1 is 1.37 bits per heavy atom. The molecule has 0 fully saturated rings. The van der Waals surface area contributed by atoms with Crippen molar-refractivity contribution in [1.82, 2.24) is 9.88 Å². The Morgan fingerprint density at radius 3 is 2.74 bits per heavy atom. The molecule has 0 saturated carbocycles. The molecule has 0 aliphatic heterocycles. The van der Waals surface area contributed by atoms with E-state index in [1.165, 1.54) is 24.4 Å². The number of hydrogen-bond donors (Lipinski definition) is 1. The van der Waals surface area contributed by atoms with Gasteiger partial charge in [-0.2, -0.15) is 0 Å². The first-order valence-electron chi connectivity index (χ1n) is 6.19. The largest absolute Gasteiger partial charge is 0.352 e. The minimum atomic E-state index is -0.403. The second-order valence-electron chi connectivity index (χ2n) is 4.18. The summed E-state index contributed by atoms with van der Waals surface area (Å²) in [5, 5.41) is 2.96. The van der Waals surface area contributed by atoms with Crippen molar-refractivity contribution in [1.29, 1.82) is 0 Å². The molecule has 2 aromatic rings. The highest BCUT2D eigenvalue weighted by Crippen LogP contribution is 2.14. The van der Waals surface area contributed by atoms with E-state index in [0.717, 1.165) is 0 Å². The molecule has 1 aromatic heterocycles. The van der Waals surface area contributed by atoms with Crippen LogP contribution in [0, 0.1) is 5.82 Å². The molecule has 5 heteroatoms. The first-order chi connectivity index (χ1) is 9.08. The monoisotopic (exact) mass is 262 g/mol. The van der Waals surface area contributed by atoms with Gasteiger partial charge < -0.3 is 9.88 Å². The van der Waals surface area contributed by atoms with Gasteiger partial charge >= 0.3 is 0 Å². The maximum Gasteiger partial charge on any atom is 0.256 e. The number of halogens is 1. The summed E-state index contributed by atoms with van der Waals surface area (Å²) < 4.78 is 15.0. The van der Waals surface area contributed by atoms with Crippen molar-refractivity contribution in [3.05, 3.63) is 46.0 Å². The van der Waals surface area contributed by atoms with Gasteiger partial charge in [-0.15, -0.1) is 0 Å². The zero-order valence-electron chi connectivity index (χ0n) is 10.9. The lowest BCUT2D eigenvalue weighted by atomic mass is 10.1. The molecule has 0 unspecified atom stereocenters. The molecule has 1 amide bonds. The average molecular weight is 262 g/mol. The summed E-state index contributed by atoms with van der Waals surface area (Å²) in [5.41, 5.74) is 0.217. The van der Waals surface area contributed by atoms with Crippen LogP contribution in [-0.2, 0) is 6.54 Å². The van der Waals surface area contributed by atoms with E-state index in [1.807, 2.05) is 6.92 Å². The van der Waals surface area contributed by atoms with Gasteiger partial charge in [0.2, 0.25) is 5.43 Å². The number of nitrogens with zero attached hydrogens (tertiary/aromatic N) is 1. The summed E-state index contributed by atoms with van der Waals surface area (Å²) in [5.74, 6) is -0.805. The van der Waals surface area contributed by atoms with Crippen molar-refractivity contribution in [2.45, 2.75) is 20.4 Å². The topological polar surface area (TPSA) is 51.1 Å². The third kappa shape index (κ3) is 2.36. The molecule has 4 nitrogen and oxygen atoms in total. The van der Waals surface area contributed by atoms with Gasteiger partial charge in [-0.05, 0) is 32.0 Å². The third-order valence-corrected chi connectivity index (χ3v) is 2.97. The molecule has 100 valence electrons. The van der Waals surface area contributed by atoms with E-state index in [4.69, 9.17) is 0 Å². The molecular weight excluding hydrogens is 247 g/mol. The molecule has 2 rings (SSSR count). The fourth-order valence-corrected chi connectivity index (χ4v) is 2.04. The van der Waals surface area contributed by atoms with Crippen LogP contribution in [0.5, 0.6) is 0 Å². The smallest absolute Gasteiger partial charge is 0.256 e. The van der Waals surface area contributed by atoms with Crippen LogP contribution in [0.1, 0.15) is 24.2 Å². The predicted octanol–water partition coefficient (Wildman–Crippen LogP) is 1.91. The maximum absolute atomic E-state index is 13.3. The number of hydrogen-bond acceptors (Lipinski definition) is 2. The van der Waals surface area contributed by atoms with Crippen LogP contribution >= 0.6 is 0 Å². The van der Waals surface area contributed by atoms with Crippen molar-refractivity contribution in [2.24, 2.45) is 0 Å². The molecule has 0 radical (unpaired) electrons. The Balaban J connectivity index is 2.76. The van der Waals surface area contributed by atoms with E-state index in [1.54, 1.807) is 11.5 Å². The van der Waals surface area contributed by atoms with E-state index >= 15 is 0 Å². The maximum atomic E-state index is 13.3. The fraction of sp³-hybridized carbons (Fsp3) is 0.286. The highest BCUT2D eigenvalue weighted by atomic mass is 19.1. The van der Waals surface area contributed by atoms with E-state index in [0.29, 0.717) is 24.0 Å². The lowest BCUT2D eigenvalue weighted by Crippen LogP contribution is -2.29. The third-order valence-electron chi connectivity index (χ3n) is 2.97. The zero-order valence-corrected chi connectivity index (χ0v) is 10.9. The minimum Gasteiger partial charge on any atom is -0.352 e. The zero-order chi connectivity index (χ0) is 14.0. The van der Waals surface area contributed by atoms with Crippen LogP contribution in [0.3, 0.4) is 0 Å². The number of aryl methyl sites for hydroxylation is 1. The standard InChI is InChI=1S/C14H15FN2O2/c1-3-16-14(19)11-8-17(4-2)12-7-9(15)5-6-10(12)13(11)18/h5-8H,3-4H2,1-2H3,(H,16,19). The number of nitrogens with one attached hydrogen (secondary N) is 1. The molecule has 1 aromatic carbocycles. The number of amides is 1. The van der Waals surface area contributed by atoms with Crippen molar-refractivity contribution >= 4 is 16.8 Å². The fourth-order valence-electron chi connectivity index (χ4n) is 2.04. The van der Waals surface area contributed by atoms with Gasteiger partial charge in [0, 0.05) is 24.7 Å². The van der Waals surface area contributed by atoms with Gasteiger partial charge in [-0.25, -0.2) is 4.39 Å². The molecule has 0 saturated heterocycles. The van der Waals surface area contributed by atoms with E-state index in [9.17, 15) is 14.0 Å².